The highest BCUT2D eigenvalue weighted by atomic mass is 32.2. The fourth-order valence-electron chi connectivity index (χ4n) is 1.45. The lowest BCUT2D eigenvalue weighted by Crippen LogP contribution is -2.40. The van der Waals surface area contributed by atoms with E-state index < -0.39 is 12.0 Å². The van der Waals surface area contributed by atoms with E-state index in [4.69, 9.17) is 5.11 Å². The number of carboxylic acids is 1. The fourth-order valence-corrected chi connectivity index (χ4v) is 2.30. The number of carboxylic acid groups (broad SMARTS) is 1. The molecule has 1 amide bonds. The van der Waals surface area contributed by atoms with Crippen LogP contribution in [0.25, 0.3) is 0 Å². The van der Waals surface area contributed by atoms with Gasteiger partial charge in [0.2, 0.25) is 5.91 Å². The minimum Gasteiger partial charge on any atom is -0.480 e. The number of carbonyl (C=O) groups is 2. The van der Waals surface area contributed by atoms with E-state index in [0.717, 1.165) is 4.90 Å². The summed E-state index contributed by atoms with van der Waals surface area (Å²) in [6.45, 7) is 3.45. The Bertz CT molecular complexity index is 476. The zero-order valence-corrected chi connectivity index (χ0v) is 11.7. The molecule has 0 spiro atoms. The third-order valence-corrected chi connectivity index (χ3v) is 3.46. The average Bonchev–Trinajstić information content (AvgIpc) is 2.40. The summed E-state index contributed by atoms with van der Waals surface area (Å²) in [6.07, 6.45) is 1.83. The van der Waals surface area contributed by atoms with Crippen molar-refractivity contribution < 1.29 is 19.1 Å². The minimum atomic E-state index is -1.08. The Labute approximate surface area is 121 Å². The van der Waals surface area contributed by atoms with Crippen molar-refractivity contribution in [3.05, 3.63) is 42.7 Å². The molecular formula is C14H16FNO3S. The van der Waals surface area contributed by atoms with Crippen LogP contribution >= 0.6 is 11.8 Å². The number of thioether (sulfide) groups is 1. The number of hydrogen-bond donors (Lipinski definition) is 2. The first kappa shape index (κ1) is 16.2. The van der Waals surface area contributed by atoms with Crippen LogP contribution in [0.5, 0.6) is 0 Å². The molecule has 4 nitrogen and oxygen atoms in total. The molecule has 20 heavy (non-hydrogen) atoms. The number of rotatable bonds is 8. The standard InChI is InChI=1S/C14H16FNO3S/c1-2-3-12(14(18)19)16-13(17)8-9-20-11-6-4-10(15)5-7-11/h2,4-7,12H,1,3,8-9H2,(H,16,17)(H,18,19). The number of nitrogens with one attached hydrogen (secondary N) is 1. The maximum atomic E-state index is 12.7. The second-order valence-corrected chi connectivity index (χ2v) is 5.20. The number of carbonyl (C=O) groups excluding carboxylic acids is 1. The van der Waals surface area contributed by atoms with Crippen molar-refractivity contribution in [2.24, 2.45) is 0 Å². The number of hydrogen-bond acceptors (Lipinski definition) is 3. The molecular weight excluding hydrogens is 281 g/mol. The highest BCUT2D eigenvalue weighted by Crippen LogP contribution is 2.18. The molecule has 108 valence electrons. The van der Waals surface area contributed by atoms with Crippen LogP contribution < -0.4 is 5.32 Å². The van der Waals surface area contributed by atoms with Gasteiger partial charge in [0.15, 0.2) is 0 Å². The molecule has 0 bridgehead atoms. The zero-order chi connectivity index (χ0) is 15.0. The Balaban J connectivity index is 2.33. The molecule has 0 aliphatic heterocycles. The van der Waals surface area contributed by atoms with Gasteiger partial charge in [0.05, 0.1) is 0 Å². The first-order valence-corrected chi connectivity index (χ1v) is 7.03. The summed E-state index contributed by atoms with van der Waals surface area (Å²) in [5.74, 6) is -1.21. The van der Waals surface area contributed by atoms with E-state index in [1.54, 1.807) is 12.1 Å². The topological polar surface area (TPSA) is 66.4 Å². The van der Waals surface area contributed by atoms with E-state index in [0.29, 0.717) is 5.75 Å². The van der Waals surface area contributed by atoms with E-state index in [2.05, 4.69) is 11.9 Å². The Morgan fingerprint density at radius 1 is 1.40 bits per heavy atom. The van der Waals surface area contributed by atoms with Crippen molar-refractivity contribution in [2.45, 2.75) is 23.8 Å². The van der Waals surface area contributed by atoms with Gasteiger partial charge in [-0.2, -0.15) is 0 Å². The van der Waals surface area contributed by atoms with Crippen LogP contribution in [0, 0.1) is 5.82 Å². The zero-order valence-electron chi connectivity index (χ0n) is 10.8. The molecule has 1 unspecified atom stereocenters. The second kappa shape index (κ2) is 8.37. The van der Waals surface area contributed by atoms with Gasteiger partial charge in [-0.3, -0.25) is 4.79 Å². The average molecular weight is 297 g/mol. The highest BCUT2D eigenvalue weighted by molar-refractivity contribution is 7.99. The summed E-state index contributed by atoms with van der Waals surface area (Å²) in [4.78, 5) is 23.3. The van der Waals surface area contributed by atoms with Gasteiger partial charge in [-0.1, -0.05) is 6.08 Å². The molecule has 0 aliphatic carbocycles. The second-order valence-electron chi connectivity index (χ2n) is 4.04. The monoisotopic (exact) mass is 297 g/mol. The van der Waals surface area contributed by atoms with E-state index in [1.807, 2.05) is 0 Å². The highest BCUT2D eigenvalue weighted by Gasteiger charge is 2.17. The molecule has 1 aromatic rings. The maximum Gasteiger partial charge on any atom is 0.326 e. The van der Waals surface area contributed by atoms with Crippen LogP contribution in [-0.4, -0.2) is 28.8 Å². The number of aliphatic carboxylic acids is 1. The molecule has 0 radical (unpaired) electrons. The molecule has 1 aromatic carbocycles. The Morgan fingerprint density at radius 2 is 2.05 bits per heavy atom. The largest absolute Gasteiger partial charge is 0.480 e. The van der Waals surface area contributed by atoms with Gasteiger partial charge in [-0.25, -0.2) is 9.18 Å². The van der Waals surface area contributed by atoms with Crippen molar-refractivity contribution in [1.29, 1.82) is 0 Å². The van der Waals surface area contributed by atoms with Gasteiger partial charge >= 0.3 is 5.97 Å². The maximum absolute atomic E-state index is 12.7. The molecule has 0 fully saturated rings. The summed E-state index contributed by atoms with van der Waals surface area (Å²) in [5, 5.41) is 11.3. The van der Waals surface area contributed by atoms with E-state index in [-0.39, 0.29) is 24.6 Å². The molecule has 0 aromatic heterocycles. The molecule has 2 N–H and O–H groups in total. The van der Waals surface area contributed by atoms with Gasteiger partial charge in [-0.15, -0.1) is 18.3 Å². The lowest BCUT2D eigenvalue weighted by molar-refractivity contribution is -0.141. The van der Waals surface area contributed by atoms with Crippen LogP contribution in [0.3, 0.4) is 0 Å². The lowest BCUT2D eigenvalue weighted by atomic mass is 10.2. The van der Waals surface area contributed by atoms with Crippen molar-refractivity contribution in [2.75, 3.05) is 5.75 Å². The normalized spacial score (nSPS) is 11.7. The summed E-state index contributed by atoms with van der Waals surface area (Å²) in [5.41, 5.74) is 0. The summed E-state index contributed by atoms with van der Waals surface area (Å²) >= 11 is 1.41. The fraction of sp³-hybridized carbons (Fsp3) is 0.286. The van der Waals surface area contributed by atoms with Crippen molar-refractivity contribution in [1.82, 2.24) is 5.32 Å². The first-order valence-electron chi connectivity index (χ1n) is 6.04. The van der Waals surface area contributed by atoms with Gasteiger partial charge in [0.1, 0.15) is 11.9 Å². The predicted octanol–water partition coefficient (Wildman–Crippen LogP) is 2.45. The van der Waals surface area contributed by atoms with E-state index in [1.165, 1.54) is 30.0 Å². The van der Waals surface area contributed by atoms with Crippen molar-refractivity contribution in [3.63, 3.8) is 0 Å². The molecule has 0 aliphatic rings. The Kier molecular flexibility index (Phi) is 6.79. The Hall–Kier alpha value is -1.82. The number of amides is 1. The van der Waals surface area contributed by atoms with Crippen LogP contribution in [0.4, 0.5) is 4.39 Å². The van der Waals surface area contributed by atoms with Gasteiger partial charge in [0.25, 0.3) is 0 Å². The quantitative estimate of drug-likeness (QED) is 0.571. The SMILES string of the molecule is C=CCC(NC(=O)CCSc1ccc(F)cc1)C(=O)O. The summed E-state index contributed by atoms with van der Waals surface area (Å²) in [6, 6.07) is 5.04. The molecule has 1 atom stereocenters. The van der Waals surface area contributed by atoms with E-state index >= 15 is 0 Å². The summed E-state index contributed by atoms with van der Waals surface area (Å²) < 4.78 is 12.7. The molecule has 1 rings (SSSR count). The molecule has 0 saturated heterocycles. The van der Waals surface area contributed by atoms with Crippen molar-refractivity contribution >= 4 is 23.6 Å². The predicted molar refractivity (Wildman–Crippen MR) is 76.1 cm³/mol. The van der Waals surface area contributed by atoms with Crippen LogP contribution in [-0.2, 0) is 9.59 Å². The molecule has 0 saturated carbocycles. The van der Waals surface area contributed by atoms with Gasteiger partial charge < -0.3 is 10.4 Å². The van der Waals surface area contributed by atoms with Gasteiger partial charge in [0, 0.05) is 17.1 Å². The van der Waals surface area contributed by atoms with Crippen LogP contribution in [0.1, 0.15) is 12.8 Å². The number of halogens is 1. The van der Waals surface area contributed by atoms with Crippen LogP contribution in [0.2, 0.25) is 0 Å². The van der Waals surface area contributed by atoms with E-state index in [9.17, 15) is 14.0 Å². The van der Waals surface area contributed by atoms with Crippen molar-refractivity contribution in [3.8, 4) is 0 Å². The lowest BCUT2D eigenvalue weighted by Gasteiger charge is -2.12. The summed E-state index contributed by atoms with van der Waals surface area (Å²) in [7, 11) is 0. The minimum absolute atomic E-state index is 0.187. The molecule has 6 heteroatoms. The van der Waals surface area contributed by atoms with Gasteiger partial charge in [-0.05, 0) is 30.7 Å². The molecule has 0 heterocycles. The first-order chi connectivity index (χ1) is 9.52. The smallest absolute Gasteiger partial charge is 0.326 e. The number of benzene rings is 1. The third kappa shape index (κ3) is 5.88. The van der Waals surface area contributed by atoms with Crippen LogP contribution in [0.15, 0.2) is 41.8 Å². The third-order valence-electron chi connectivity index (χ3n) is 2.45. The Morgan fingerprint density at radius 3 is 2.60 bits per heavy atom.